The van der Waals surface area contributed by atoms with Crippen LogP contribution in [0.15, 0.2) is 36.5 Å². The lowest BCUT2D eigenvalue weighted by atomic mass is 10.0. The molecule has 0 rings (SSSR count). The van der Waals surface area contributed by atoms with E-state index in [1.165, 1.54) is 231 Å². The quantitative estimate of drug-likeness (QED) is 0.0321. The number of unbranched alkanes of at least 4 members (excludes halogenated alkanes) is 38. The van der Waals surface area contributed by atoms with Crippen LogP contribution in [0.3, 0.4) is 0 Å². The van der Waals surface area contributed by atoms with Crippen molar-refractivity contribution in [2.24, 2.45) is 0 Å². The standard InChI is InChI=1S/C61H115NO5/c1-3-5-7-9-11-13-15-16-30-34-37-41-45-49-53-59(64)58(57-63)62-60(65)54-50-46-42-38-35-31-28-26-24-22-20-18-17-19-21-23-25-27-29-32-36-40-44-48-52-56-67-61(66)55-51-47-43-39-33-14-12-10-8-6-4-2/h10,12,18-21,58-59,63-64H,3-9,11,13-17,22-57H2,1-2H3,(H,62,65)/b12-10-,20-18-,21-19-. The minimum atomic E-state index is -0.668. The molecule has 0 aliphatic rings. The highest BCUT2D eigenvalue weighted by Crippen LogP contribution is 2.17. The van der Waals surface area contributed by atoms with Gasteiger partial charge in [-0.25, -0.2) is 0 Å². The summed E-state index contributed by atoms with van der Waals surface area (Å²) in [6.45, 7) is 4.91. The normalized spacial score (nSPS) is 12.8. The van der Waals surface area contributed by atoms with Gasteiger partial charge in [0.1, 0.15) is 0 Å². The summed E-state index contributed by atoms with van der Waals surface area (Å²) in [5.74, 6) is -0.0428. The summed E-state index contributed by atoms with van der Waals surface area (Å²) in [6, 6.07) is -0.546. The molecule has 0 aromatic carbocycles. The van der Waals surface area contributed by atoms with E-state index >= 15 is 0 Å². The van der Waals surface area contributed by atoms with Crippen LogP contribution in [-0.2, 0) is 14.3 Å². The molecule has 67 heavy (non-hydrogen) atoms. The van der Waals surface area contributed by atoms with Gasteiger partial charge in [-0.3, -0.25) is 9.59 Å². The van der Waals surface area contributed by atoms with Gasteiger partial charge in [0.2, 0.25) is 5.91 Å². The summed E-state index contributed by atoms with van der Waals surface area (Å²) in [7, 11) is 0. The van der Waals surface area contributed by atoms with Gasteiger partial charge >= 0.3 is 5.97 Å². The van der Waals surface area contributed by atoms with Crippen molar-refractivity contribution in [3.05, 3.63) is 36.5 Å². The van der Waals surface area contributed by atoms with E-state index in [0.29, 0.717) is 25.9 Å². The largest absolute Gasteiger partial charge is 0.466 e. The number of rotatable bonds is 55. The molecule has 0 aromatic rings. The maximum atomic E-state index is 12.5. The smallest absolute Gasteiger partial charge is 0.305 e. The molecule has 0 aliphatic heterocycles. The fourth-order valence-corrected chi connectivity index (χ4v) is 9.06. The summed E-state index contributed by atoms with van der Waals surface area (Å²) in [4.78, 5) is 24.4. The Morgan fingerprint density at radius 1 is 0.418 bits per heavy atom. The van der Waals surface area contributed by atoms with Crippen LogP contribution in [0.25, 0.3) is 0 Å². The van der Waals surface area contributed by atoms with Crippen molar-refractivity contribution in [2.45, 2.75) is 328 Å². The molecule has 0 saturated heterocycles. The highest BCUT2D eigenvalue weighted by Gasteiger charge is 2.20. The lowest BCUT2D eigenvalue weighted by Gasteiger charge is -2.22. The van der Waals surface area contributed by atoms with Gasteiger partial charge in [0, 0.05) is 12.8 Å². The number of amides is 1. The van der Waals surface area contributed by atoms with E-state index in [-0.39, 0.29) is 18.5 Å². The Labute approximate surface area is 417 Å². The van der Waals surface area contributed by atoms with E-state index in [0.717, 1.165) is 51.4 Å². The van der Waals surface area contributed by atoms with Gasteiger partial charge in [-0.2, -0.15) is 0 Å². The average molecular weight is 943 g/mol. The Morgan fingerprint density at radius 3 is 1.19 bits per heavy atom. The van der Waals surface area contributed by atoms with Gasteiger partial charge in [-0.15, -0.1) is 0 Å². The molecular formula is C61H115NO5. The zero-order valence-corrected chi connectivity index (χ0v) is 44.9. The summed E-state index contributed by atoms with van der Waals surface area (Å²) in [6.07, 6.45) is 70.0. The lowest BCUT2D eigenvalue weighted by Crippen LogP contribution is -2.45. The zero-order chi connectivity index (χ0) is 48.6. The second-order valence-corrected chi connectivity index (χ2v) is 20.3. The molecular weight excluding hydrogens is 827 g/mol. The second kappa shape index (κ2) is 56.7. The predicted octanol–water partition coefficient (Wildman–Crippen LogP) is 18.4. The molecule has 2 atom stereocenters. The zero-order valence-electron chi connectivity index (χ0n) is 44.9. The van der Waals surface area contributed by atoms with Gasteiger partial charge in [-0.1, -0.05) is 262 Å². The topological polar surface area (TPSA) is 95.9 Å². The van der Waals surface area contributed by atoms with Gasteiger partial charge < -0.3 is 20.3 Å². The molecule has 394 valence electrons. The van der Waals surface area contributed by atoms with E-state index in [1.54, 1.807) is 0 Å². The van der Waals surface area contributed by atoms with Gasteiger partial charge in [-0.05, 0) is 77.0 Å². The average Bonchev–Trinajstić information content (AvgIpc) is 3.33. The third kappa shape index (κ3) is 53.3. The lowest BCUT2D eigenvalue weighted by molar-refractivity contribution is -0.143. The molecule has 0 aliphatic carbocycles. The van der Waals surface area contributed by atoms with Crippen molar-refractivity contribution < 1.29 is 24.5 Å². The van der Waals surface area contributed by atoms with Crippen LogP contribution in [0.2, 0.25) is 0 Å². The Morgan fingerprint density at radius 2 is 0.761 bits per heavy atom. The van der Waals surface area contributed by atoms with Crippen molar-refractivity contribution >= 4 is 11.9 Å². The number of nitrogens with one attached hydrogen (secondary N) is 1. The first-order chi connectivity index (χ1) is 33.0. The van der Waals surface area contributed by atoms with E-state index in [4.69, 9.17) is 4.74 Å². The second-order valence-electron chi connectivity index (χ2n) is 20.3. The molecule has 0 saturated carbocycles. The highest BCUT2D eigenvalue weighted by atomic mass is 16.5. The minimum absolute atomic E-state index is 0.00233. The number of aliphatic hydroxyl groups is 2. The van der Waals surface area contributed by atoms with Crippen molar-refractivity contribution in [2.75, 3.05) is 13.2 Å². The maximum absolute atomic E-state index is 12.5. The van der Waals surface area contributed by atoms with Crippen molar-refractivity contribution in [1.82, 2.24) is 5.32 Å². The van der Waals surface area contributed by atoms with Crippen LogP contribution in [0.5, 0.6) is 0 Å². The fourth-order valence-electron chi connectivity index (χ4n) is 9.06. The van der Waals surface area contributed by atoms with Crippen molar-refractivity contribution in [3.63, 3.8) is 0 Å². The fraction of sp³-hybridized carbons (Fsp3) is 0.869. The first-order valence-corrected chi connectivity index (χ1v) is 29.7. The van der Waals surface area contributed by atoms with Crippen LogP contribution in [0, 0.1) is 0 Å². The Bertz CT molecular complexity index is 1090. The Kier molecular flexibility index (Phi) is 55.0. The molecule has 0 heterocycles. The molecule has 0 bridgehead atoms. The Balaban J connectivity index is 3.44. The summed E-state index contributed by atoms with van der Waals surface area (Å²) >= 11 is 0. The summed E-state index contributed by atoms with van der Waals surface area (Å²) in [5.41, 5.74) is 0. The number of esters is 1. The van der Waals surface area contributed by atoms with Crippen LogP contribution >= 0.6 is 0 Å². The highest BCUT2D eigenvalue weighted by molar-refractivity contribution is 5.76. The first-order valence-electron chi connectivity index (χ1n) is 29.7. The van der Waals surface area contributed by atoms with Crippen LogP contribution < -0.4 is 5.32 Å². The van der Waals surface area contributed by atoms with Gasteiger partial charge in [0.25, 0.3) is 0 Å². The molecule has 6 nitrogen and oxygen atoms in total. The van der Waals surface area contributed by atoms with E-state index in [1.807, 2.05) is 0 Å². The third-order valence-corrected chi connectivity index (χ3v) is 13.7. The number of allylic oxidation sites excluding steroid dienone is 6. The molecule has 0 radical (unpaired) electrons. The number of aliphatic hydroxyl groups excluding tert-OH is 2. The number of ether oxygens (including phenoxy) is 1. The number of carbonyl (C=O) groups excluding carboxylic acids is 2. The summed E-state index contributed by atoms with van der Waals surface area (Å²) in [5, 5.41) is 23.3. The number of carbonyl (C=O) groups is 2. The van der Waals surface area contributed by atoms with Crippen LogP contribution in [0.4, 0.5) is 0 Å². The van der Waals surface area contributed by atoms with Crippen LogP contribution in [0.1, 0.15) is 316 Å². The SMILES string of the molecule is CCCC/C=C\CCCCCCCC(=O)OCCCCCCCCCCC/C=C\C/C=C\CCCCCCCCCCCC(=O)NC(CO)C(O)CCCCCCCCCCCCCCCC. The summed E-state index contributed by atoms with van der Waals surface area (Å²) < 4.78 is 5.45. The molecule has 0 spiro atoms. The van der Waals surface area contributed by atoms with E-state index < -0.39 is 12.1 Å². The van der Waals surface area contributed by atoms with E-state index in [9.17, 15) is 19.8 Å². The van der Waals surface area contributed by atoms with Crippen LogP contribution in [-0.4, -0.2) is 47.4 Å². The monoisotopic (exact) mass is 942 g/mol. The van der Waals surface area contributed by atoms with Gasteiger partial charge in [0.15, 0.2) is 0 Å². The minimum Gasteiger partial charge on any atom is -0.466 e. The van der Waals surface area contributed by atoms with Gasteiger partial charge in [0.05, 0.1) is 25.4 Å². The number of hydrogen-bond donors (Lipinski definition) is 3. The third-order valence-electron chi connectivity index (χ3n) is 13.7. The molecule has 0 fully saturated rings. The first kappa shape index (κ1) is 65.1. The van der Waals surface area contributed by atoms with Crippen molar-refractivity contribution in [1.29, 1.82) is 0 Å². The van der Waals surface area contributed by atoms with E-state index in [2.05, 4.69) is 55.6 Å². The molecule has 2 unspecified atom stereocenters. The molecule has 1 amide bonds. The predicted molar refractivity (Wildman–Crippen MR) is 292 cm³/mol. The molecule has 6 heteroatoms. The molecule has 0 aromatic heterocycles. The number of hydrogen-bond acceptors (Lipinski definition) is 5. The van der Waals surface area contributed by atoms with Crippen molar-refractivity contribution in [3.8, 4) is 0 Å². The Hall–Kier alpha value is -1.92. The maximum Gasteiger partial charge on any atom is 0.305 e. The molecule has 3 N–H and O–H groups in total.